The molecule has 5 heteroatoms. The van der Waals surface area contributed by atoms with E-state index in [4.69, 9.17) is 0 Å². The van der Waals surface area contributed by atoms with Crippen LogP contribution in [0.15, 0.2) is 53.8 Å². The smallest absolute Gasteiger partial charge is 0.191 e. The number of benzene rings is 1. The minimum Gasteiger partial charge on any atom is -0.301 e. The minimum absolute atomic E-state index is 0.186. The number of nitrogens with zero attached hydrogens (tertiary/aromatic N) is 4. The second-order valence-electron chi connectivity index (χ2n) is 7.00. The first-order valence-corrected chi connectivity index (χ1v) is 9.54. The molecule has 0 N–H and O–H groups in total. The molecule has 0 saturated carbocycles. The molecule has 3 aromatic rings. The highest BCUT2D eigenvalue weighted by Gasteiger charge is 2.15. The van der Waals surface area contributed by atoms with Crippen molar-refractivity contribution in [3.8, 4) is 11.5 Å². The fourth-order valence-electron chi connectivity index (χ4n) is 2.61. The summed E-state index contributed by atoms with van der Waals surface area (Å²) < 4.78 is 2.12. The van der Waals surface area contributed by atoms with E-state index in [0.717, 1.165) is 29.0 Å². The summed E-state index contributed by atoms with van der Waals surface area (Å²) in [5, 5.41) is 9.65. The van der Waals surface area contributed by atoms with Crippen molar-refractivity contribution in [3.05, 3.63) is 59.8 Å². The number of hydrogen-bond donors (Lipinski definition) is 0. The summed E-state index contributed by atoms with van der Waals surface area (Å²) in [6.45, 7) is 9.64. The van der Waals surface area contributed by atoms with Gasteiger partial charge in [-0.2, -0.15) is 0 Å². The van der Waals surface area contributed by atoms with E-state index in [1.165, 1.54) is 11.1 Å². The van der Waals surface area contributed by atoms with Crippen molar-refractivity contribution in [2.24, 2.45) is 0 Å². The summed E-state index contributed by atoms with van der Waals surface area (Å²) >= 11 is 1.72. The average Bonchev–Trinajstić information content (AvgIpc) is 3.03. The Hall–Kier alpha value is -2.14. The van der Waals surface area contributed by atoms with E-state index in [9.17, 15) is 0 Å². The molecule has 0 spiro atoms. The van der Waals surface area contributed by atoms with Gasteiger partial charge >= 0.3 is 0 Å². The van der Waals surface area contributed by atoms with Gasteiger partial charge in [0.25, 0.3) is 0 Å². The third-order valence-electron chi connectivity index (χ3n) is 4.11. The van der Waals surface area contributed by atoms with Gasteiger partial charge in [-0.25, -0.2) is 0 Å². The molecule has 0 amide bonds. The fourth-order valence-corrected chi connectivity index (χ4v) is 3.57. The lowest BCUT2D eigenvalue weighted by Gasteiger charge is -2.19. The van der Waals surface area contributed by atoms with Gasteiger partial charge in [0.1, 0.15) is 5.69 Å². The topological polar surface area (TPSA) is 43.6 Å². The van der Waals surface area contributed by atoms with Crippen LogP contribution in [-0.2, 0) is 17.7 Å². The van der Waals surface area contributed by atoms with Crippen LogP contribution in [-0.4, -0.2) is 19.7 Å². The van der Waals surface area contributed by atoms with E-state index in [0.29, 0.717) is 0 Å². The largest absolute Gasteiger partial charge is 0.301 e. The van der Waals surface area contributed by atoms with Crippen LogP contribution in [0.1, 0.15) is 38.8 Å². The Morgan fingerprint density at radius 2 is 1.76 bits per heavy atom. The number of aromatic nitrogens is 4. The van der Waals surface area contributed by atoms with Crippen LogP contribution in [0.4, 0.5) is 0 Å². The van der Waals surface area contributed by atoms with Crippen molar-refractivity contribution in [2.45, 2.75) is 50.6 Å². The van der Waals surface area contributed by atoms with Crippen molar-refractivity contribution < 1.29 is 0 Å². The zero-order valence-electron chi connectivity index (χ0n) is 15.2. The normalized spacial score (nSPS) is 11.7. The van der Waals surface area contributed by atoms with Gasteiger partial charge in [0, 0.05) is 18.5 Å². The van der Waals surface area contributed by atoms with E-state index >= 15 is 0 Å². The van der Waals surface area contributed by atoms with E-state index in [1.54, 1.807) is 18.0 Å². The van der Waals surface area contributed by atoms with Crippen LogP contribution in [0, 0.1) is 0 Å². The molecule has 3 rings (SSSR count). The summed E-state index contributed by atoms with van der Waals surface area (Å²) in [5.41, 5.74) is 3.70. The zero-order valence-corrected chi connectivity index (χ0v) is 16.0. The fraction of sp³-hybridized carbons (Fsp3) is 0.350. The van der Waals surface area contributed by atoms with Crippen LogP contribution >= 0.6 is 11.8 Å². The third-order valence-corrected chi connectivity index (χ3v) is 5.15. The highest BCUT2D eigenvalue weighted by molar-refractivity contribution is 7.98. The molecule has 0 saturated heterocycles. The van der Waals surface area contributed by atoms with Crippen molar-refractivity contribution in [1.29, 1.82) is 0 Å². The summed E-state index contributed by atoms with van der Waals surface area (Å²) in [4.78, 5) is 4.39. The molecule has 0 bridgehead atoms. The molecule has 0 fully saturated rings. The van der Waals surface area contributed by atoms with Gasteiger partial charge in [-0.15, -0.1) is 10.2 Å². The first-order chi connectivity index (χ1) is 12.0. The molecule has 0 atom stereocenters. The van der Waals surface area contributed by atoms with Gasteiger partial charge in [0.2, 0.25) is 0 Å². The number of pyridine rings is 1. The van der Waals surface area contributed by atoms with E-state index < -0.39 is 0 Å². The maximum atomic E-state index is 4.39. The van der Waals surface area contributed by atoms with E-state index in [-0.39, 0.29) is 5.41 Å². The molecule has 0 unspecified atom stereocenters. The molecule has 0 aliphatic rings. The van der Waals surface area contributed by atoms with Crippen molar-refractivity contribution in [2.75, 3.05) is 0 Å². The first kappa shape index (κ1) is 17.7. The summed E-state index contributed by atoms with van der Waals surface area (Å²) in [5.74, 6) is 1.71. The lowest BCUT2D eigenvalue weighted by atomic mass is 9.87. The Labute approximate surface area is 153 Å². The SMILES string of the molecule is CCn1c(SCc2ccc(C(C)(C)C)cc2)nnc1-c1ccccn1. The van der Waals surface area contributed by atoms with E-state index in [1.807, 2.05) is 18.2 Å². The standard InChI is InChI=1S/C20H24N4S/c1-5-24-18(17-8-6-7-13-21-17)22-23-19(24)25-14-15-9-11-16(12-10-15)20(2,3)4/h6-13H,5,14H2,1-4H3. The Bertz CT molecular complexity index is 817. The second kappa shape index (κ2) is 7.40. The maximum Gasteiger partial charge on any atom is 0.191 e. The molecule has 130 valence electrons. The van der Waals surface area contributed by atoms with Crippen molar-refractivity contribution in [1.82, 2.24) is 19.7 Å². The summed E-state index contributed by atoms with van der Waals surface area (Å²) in [7, 11) is 0. The van der Waals surface area contributed by atoms with Crippen LogP contribution in [0.25, 0.3) is 11.5 Å². The number of thioether (sulfide) groups is 1. The minimum atomic E-state index is 0.186. The summed E-state index contributed by atoms with van der Waals surface area (Å²) in [6.07, 6.45) is 1.79. The number of hydrogen-bond acceptors (Lipinski definition) is 4. The quantitative estimate of drug-likeness (QED) is 0.609. The number of rotatable bonds is 5. The van der Waals surface area contributed by atoms with Gasteiger partial charge in [-0.3, -0.25) is 4.98 Å². The Morgan fingerprint density at radius 1 is 1.00 bits per heavy atom. The molecule has 25 heavy (non-hydrogen) atoms. The van der Waals surface area contributed by atoms with Gasteiger partial charge < -0.3 is 4.57 Å². The van der Waals surface area contributed by atoms with Crippen LogP contribution in [0.5, 0.6) is 0 Å². The Balaban J connectivity index is 1.75. The average molecular weight is 353 g/mol. The third kappa shape index (κ3) is 4.10. The molecule has 0 aliphatic carbocycles. The monoisotopic (exact) mass is 352 g/mol. The predicted octanol–water partition coefficient (Wildman–Crippen LogP) is 4.95. The predicted molar refractivity (Wildman–Crippen MR) is 104 cm³/mol. The van der Waals surface area contributed by atoms with Gasteiger partial charge in [-0.1, -0.05) is 62.9 Å². The maximum absolute atomic E-state index is 4.39. The van der Waals surface area contributed by atoms with Gasteiger partial charge in [0.05, 0.1) is 0 Å². The highest BCUT2D eigenvalue weighted by Crippen LogP contribution is 2.27. The van der Waals surface area contributed by atoms with Crippen LogP contribution in [0.2, 0.25) is 0 Å². The van der Waals surface area contributed by atoms with Crippen LogP contribution in [0.3, 0.4) is 0 Å². The Kier molecular flexibility index (Phi) is 5.23. The molecule has 0 aliphatic heterocycles. The molecule has 2 heterocycles. The first-order valence-electron chi connectivity index (χ1n) is 8.56. The van der Waals surface area contributed by atoms with Crippen molar-refractivity contribution in [3.63, 3.8) is 0 Å². The van der Waals surface area contributed by atoms with Gasteiger partial charge in [0.15, 0.2) is 11.0 Å². The van der Waals surface area contributed by atoms with Gasteiger partial charge in [-0.05, 0) is 35.6 Å². The summed E-state index contributed by atoms with van der Waals surface area (Å²) in [6, 6.07) is 14.7. The molecular formula is C20H24N4S. The molecule has 2 aromatic heterocycles. The molecular weight excluding hydrogens is 328 g/mol. The molecule has 4 nitrogen and oxygen atoms in total. The second-order valence-corrected chi connectivity index (χ2v) is 7.94. The molecule has 1 aromatic carbocycles. The lowest BCUT2D eigenvalue weighted by Crippen LogP contribution is -2.10. The zero-order chi connectivity index (χ0) is 17.9. The molecule has 0 radical (unpaired) electrons. The van der Waals surface area contributed by atoms with Crippen molar-refractivity contribution >= 4 is 11.8 Å². The highest BCUT2D eigenvalue weighted by atomic mass is 32.2. The van der Waals surface area contributed by atoms with E-state index in [2.05, 4.69) is 71.7 Å². The van der Waals surface area contributed by atoms with Crippen LogP contribution < -0.4 is 0 Å². The Morgan fingerprint density at radius 3 is 2.36 bits per heavy atom. The lowest BCUT2D eigenvalue weighted by molar-refractivity contribution is 0.590.